The van der Waals surface area contributed by atoms with Crippen LogP contribution in [-0.2, 0) is 0 Å². The molecule has 1 aromatic rings. The molecule has 0 aliphatic heterocycles. The van der Waals surface area contributed by atoms with Crippen molar-refractivity contribution in [1.82, 2.24) is 4.90 Å². The second-order valence-electron chi connectivity index (χ2n) is 9.11. The van der Waals surface area contributed by atoms with Crippen LogP contribution in [0.4, 0.5) is 4.39 Å². The molecule has 0 atom stereocenters. The molecule has 0 heterocycles. The molecule has 0 aromatic heterocycles. The van der Waals surface area contributed by atoms with Gasteiger partial charge in [0.2, 0.25) is 0 Å². The highest BCUT2D eigenvalue weighted by Crippen LogP contribution is 2.58. The van der Waals surface area contributed by atoms with Crippen LogP contribution in [0.25, 0.3) is 0 Å². The van der Waals surface area contributed by atoms with Gasteiger partial charge in [0, 0.05) is 5.02 Å². The molecule has 0 spiro atoms. The summed E-state index contributed by atoms with van der Waals surface area (Å²) in [5.41, 5.74) is -1.40. The van der Waals surface area contributed by atoms with E-state index in [2.05, 4.69) is 6.19 Å². The standard InChI is InChI=1S/C21H25ClFN3O/c1-20(2,27-18-4-3-16(22)8-17(18)23)19(25)26(12-24)21-9-13-5-14(10-21)7-15(6-13)11-21/h3-4,8,13-15,25H,5-7,9-11H2,1-2H3. The molecule has 0 amide bonds. The van der Waals surface area contributed by atoms with E-state index in [1.807, 2.05) is 0 Å². The first kappa shape index (κ1) is 18.6. The lowest BCUT2D eigenvalue weighted by Gasteiger charge is -2.59. The largest absolute Gasteiger partial charge is 0.477 e. The van der Waals surface area contributed by atoms with E-state index in [1.165, 1.54) is 31.4 Å². The minimum atomic E-state index is -1.13. The summed E-state index contributed by atoms with van der Waals surface area (Å²) in [4.78, 5) is 1.59. The van der Waals surface area contributed by atoms with Crippen molar-refractivity contribution in [3.05, 3.63) is 29.0 Å². The average Bonchev–Trinajstić information content (AvgIpc) is 2.56. The third-order valence-electron chi connectivity index (χ3n) is 6.63. The SMILES string of the molecule is CC(C)(Oc1ccc(Cl)cc1F)C(=N)N(C#N)C12CC3CC(CC(C3)C1)C2. The molecular weight excluding hydrogens is 365 g/mol. The van der Waals surface area contributed by atoms with Gasteiger partial charge in [-0.3, -0.25) is 10.3 Å². The Kier molecular flexibility index (Phi) is 4.38. The lowest BCUT2D eigenvalue weighted by molar-refractivity contribution is -0.0502. The van der Waals surface area contributed by atoms with Gasteiger partial charge < -0.3 is 4.74 Å². The molecule has 6 heteroatoms. The number of halogens is 2. The topological polar surface area (TPSA) is 60.1 Å². The Bertz CT molecular complexity index is 781. The van der Waals surface area contributed by atoms with Crippen molar-refractivity contribution in [2.75, 3.05) is 0 Å². The Morgan fingerprint density at radius 3 is 2.30 bits per heavy atom. The fourth-order valence-electron chi connectivity index (χ4n) is 5.88. The van der Waals surface area contributed by atoms with Crippen LogP contribution in [0, 0.1) is 40.4 Å². The van der Waals surface area contributed by atoms with Crippen LogP contribution >= 0.6 is 11.6 Å². The van der Waals surface area contributed by atoms with Gasteiger partial charge in [-0.15, -0.1) is 0 Å². The number of rotatable bonds is 4. The summed E-state index contributed by atoms with van der Waals surface area (Å²) in [6.07, 6.45) is 9.00. The number of nitrogens with one attached hydrogen (secondary N) is 1. The van der Waals surface area contributed by atoms with Crippen molar-refractivity contribution >= 4 is 17.4 Å². The van der Waals surface area contributed by atoms with Gasteiger partial charge in [-0.25, -0.2) is 4.39 Å². The van der Waals surface area contributed by atoms with E-state index in [4.69, 9.17) is 21.7 Å². The third kappa shape index (κ3) is 3.18. The molecular formula is C21H25ClFN3O. The minimum absolute atomic E-state index is 0.0394. The smallest absolute Gasteiger partial charge is 0.185 e. The number of hydrogen-bond donors (Lipinski definition) is 1. The Morgan fingerprint density at radius 1 is 1.26 bits per heavy atom. The number of hydrogen-bond acceptors (Lipinski definition) is 3. The summed E-state index contributed by atoms with van der Waals surface area (Å²) >= 11 is 5.81. The number of nitrogens with zero attached hydrogens (tertiary/aromatic N) is 2. The van der Waals surface area contributed by atoms with Crippen molar-refractivity contribution in [3.8, 4) is 11.9 Å². The lowest BCUT2D eigenvalue weighted by Crippen LogP contribution is -2.63. The maximum atomic E-state index is 14.2. The maximum Gasteiger partial charge on any atom is 0.185 e. The van der Waals surface area contributed by atoms with Crippen molar-refractivity contribution < 1.29 is 9.13 Å². The van der Waals surface area contributed by atoms with E-state index in [1.54, 1.807) is 24.8 Å². The minimum Gasteiger partial charge on any atom is -0.477 e. The first-order valence-corrected chi connectivity index (χ1v) is 10.0. The molecule has 0 saturated heterocycles. The van der Waals surface area contributed by atoms with Gasteiger partial charge >= 0.3 is 0 Å². The number of nitriles is 1. The van der Waals surface area contributed by atoms with E-state index in [0.29, 0.717) is 22.8 Å². The molecule has 4 nitrogen and oxygen atoms in total. The highest BCUT2D eigenvalue weighted by atomic mass is 35.5. The van der Waals surface area contributed by atoms with Crippen LogP contribution in [0.15, 0.2) is 18.2 Å². The molecule has 5 rings (SSSR count). The molecule has 4 aliphatic rings. The Hall–Kier alpha value is -1.80. The van der Waals surface area contributed by atoms with Gasteiger partial charge in [0.1, 0.15) is 0 Å². The molecule has 4 aliphatic carbocycles. The Labute approximate surface area is 164 Å². The zero-order valence-electron chi connectivity index (χ0n) is 15.8. The number of amidine groups is 1. The van der Waals surface area contributed by atoms with E-state index in [9.17, 15) is 9.65 Å². The highest BCUT2D eigenvalue weighted by molar-refractivity contribution is 6.30. The van der Waals surface area contributed by atoms with Crippen molar-refractivity contribution in [2.45, 2.75) is 63.5 Å². The molecule has 4 saturated carbocycles. The molecule has 0 unspecified atom stereocenters. The van der Waals surface area contributed by atoms with Gasteiger partial charge in [-0.1, -0.05) is 11.6 Å². The molecule has 1 N–H and O–H groups in total. The van der Waals surface area contributed by atoms with E-state index >= 15 is 0 Å². The molecule has 4 fully saturated rings. The molecule has 4 bridgehead atoms. The first-order valence-electron chi connectivity index (χ1n) is 9.65. The van der Waals surface area contributed by atoms with E-state index in [-0.39, 0.29) is 17.1 Å². The van der Waals surface area contributed by atoms with Gasteiger partial charge in [-0.2, -0.15) is 5.26 Å². The summed E-state index contributed by atoms with van der Waals surface area (Å²) in [5, 5.41) is 19.0. The third-order valence-corrected chi connectivity index (χ3v) is 6.87. The summed E-state index contributed by atoms with van der Waals surface area (Å²) < 4.78 is 20.0. The highest BCUT2D eigenvalue weighted by Gasteiger charge is 2.56. The van der Waals surface area contributed by atoms with Gasteiger partial charge in [0.05, 0.1) is 5.54 Å². The lowest BCUT2D eigenvalue weighted by atomic mass is 9.52. The van der Waals surface area contributed by atoms with Crippen molar-refractivity contribution in [1.29, 1.82) is 10.7 Å². The number of ether oxygens (including phenoxy) is 1. The summed E-state index contributed by atoms with van der Waals surface area (Å²) in [5.74, 6) is 1.56. The molecule has 1 aromatic carbocycles. The normalized spacial score (nSPS) is 31.4. The van der Waals surface area contributed by atoms with Crippen LogP contribution in [-0.4, -0.2) is 21.9 Å². The zero-order chi connectivity index (χ0) is 19.4. The number of benzene rings is 1. The molecule has 27 heavy (non-hydrogen) atoms. The molecule has 144 valence electrons. The van der Waals surface area contributed by atoms with Gasteiger partial charge in [0.15, 0.2) is 29.2 Å². The van der Waals surface area contributed by atoms with E-state index < -0.39 is 11.4 Å². The fourth-order valence-corrected chi connectivity index (χ4v) is 6.04. The summed E-state index contributed by atoms with van der Waals surface area (Å²) in [6.45, 7) is 3.43. The van der Waals surface area contributed by atoms with Gasteiger partial charge in [-0.05, 0) is 88.3 Å². The van der Waals surface area contributed by atoms with Crippen molar-refractivity contribution in [2.24, 2.45) is 17.8 Å². The second kappa shape index (κ2) is 6.38. The molecule has 0 radical (unpaired) electrons. The predicted octanol–water partition coefficient (Wildman–Crippen LogP) is 5.37. The van der Waals surface area contributed by atoms with E-state index in [0.717, 1.165) is 19.3 Å². The second-order valence-corrected chi connectivity index (χ2v) is 9.55. The Morgan fingerprint density at radius 2 is 1.81 bits per heavy atom. The first-order chi connectivity index (χ1) is 12.7. The fraction of sp³-hybridized carbons (Fsp3) is 0.619. The van der Waals surface area contributed by atoms with Crippen LogP contribution in [0.3, 0.4) is 0 Å². The Balaban J connectivity index is 1.59. The predicted molar refractivity (Wildman–Crippen MR) is 102 cm³/mol. The maximum absolute atomic E-state index is 14.2. The quantitative estimate of drug-likeness (QED) is 0.326. The average molecular weight is 390 g/mol. The zero-order valence-corrected chi connectivity index (χ0v) is 16.5. The van der Waals surface area contributed by atoms with Crippen LogP contribution < -0.4 is 4.74 Å². The summed E-state index contributed by atoms with van der Waals surface area (Å²) in [6, 6.07) is 4.21. The van der Waals surface area contributed by atoms with Crippen LogP contribution in [0.5, 0.6) is 5.75 Å². The summed E-state index contributed by atoms with van der Waals surface area (Å²) in [7, 11) is 0. The van der Waals surface area contributed by atoms with Gasteiger partial charge in [0.25, 0.3) is 0 Å². The van der Waals surface area contributed by atoms with Crippen LogP contribution in [0.2, 0.25) is 5.02 Å². The monoisotopic (exact) mass is 389 g/mol. The van der Waals surface area contributed by atoms with Crippen LogP contribution in [0.1, 0.15) is 52.4 Å². The van der Waals surface area contributed by atoms with Crippen molar-refractivity contribution in [3.63, 3.8) is 0 Å².